The number of carbonyl (C=O) groups is 2. The van der Waals surface area contributed by atoms with Gasteiger partial charge in [-0.1, -0.05) is 18.2 Å². The predicted octanol–water partition coefficient (Wildman–Crippen LogP) is 1.18. The molecule has 1 unspecified atom stereocenters. The maximum Gasteiger partial charge on any atom is 0.230 e. The molecular weight excluding hydrogens is 254 g/mol. The monoisotopic (exact) mass is 275 g/mol. The van der Waals surface area contributed by atoms with Gasteiger partial charge in [0.2, 0.25) is 11.8 Å². The summed E-state index contributed by atoms with van der Waals surface area (Å²) in [5.41, 5.74) is 2.09. The molecule has 0 bridgehead atoms. The van der Waals surface area contributed by atoms with Crippen LogP contribution in [-0.2, 0) is 9.59 Å². The lowest BCUT2D eigenvalue weighted by molar-refractivity contribution is -0.132. The lowest BCUT2D eigenvalue weighted by Gasteiger charge is -2.29. The molecule has 0 aliphatic carbocycles. The summed E-state index contributed by atoms with van der Waals surface area (Å²) in [5.74, 6) is -0.0691. The molecule has 1 aliphatic heterocycles. The van der Waals surface area contributed by atoms with Gasteiger partial charge in [0.05, 0.1) is 5.92 Å². The molecule has 5 nitrogen and oxygen atoms in total. The molecular formula is C15H21N3O2. The summed E-state index contributed by atoms with van der Waals surface area (Å²) in [6, 6.07) is 7.92. The van der Waals surface area contributed by atoms with Crippen molar-refractivity contribution < 1.29 is 9.59 Å². The van der Waals surface area contributed by atoms with E-state index in [-0.39, 0.29) is 17.7 Å². The minimum atomic E-state index is -0.109. The molecule has 1 aromatic rings. The van der Waals surface area contributed by atoms with Crippen molar-refractivity contribution in [3.8, 4) is 0 Å². The summed E-state index contributed by atoms with van der Waals surface area (Å²) < 4.78 is 0. The van der Waals surface area contributed by atoms with Gasteiger partial charge in [0.25, 0.3) is 0 Å². The molecule has 108 valence electrons. The Morgan fingerprint density at radius 3 is 2.90 bits per heavy atom. The fraction of sp³-hybridized carbons (Fsp3) is 0.467. The van der Waals surface area contributed by atoms with Crippen LogP contribution in [0.5, 0.6) is 0 Å². The van der Waals surface area contributed by atoms with Crippen molar-refractivity contribution in [1.29, 1.82) is 0 Å². The normalized spacial score (nSPS) is 16.8. The molecule has 2 N–H and O–H groups in total. The third-order valence-corrected chi connectivity index (χ3v) is 3.71. The lowest BCUT2D eigenvalue weighted by atomic mass is 9.90. The Morgan fingerprint density at radius 2 is 2.15 bits per heavy atom. The average Bonchev–Trinajstić information content (AvgIpc) is 2.50. The van der Waals surface area contributed by atoms with Gasteiger partial charge in [-0.05, 0) is 18.1 Å². The van der Waals surface area contributed by atoms with E-state index in [1.54, 1.807) is 19.0 Å². The minimum Gasteiger partial charge on any atom is -0.385 e. The van der Waals surface area contributed by atoms with Crippen molar-refractivity contribution in [2.45, 2.75) is 18.8 Å². The summed E-state index contributed by atoms with van der Waals surface area (Å²) in [6.07, 6.45) is 1.13. The average molecular weight is 275 g/mol. The number of carbonyl (C=O) groups excluding carboxylic acids is 2. The van der Waals surface area contributed by atoms with Crippen molar-refractivity contribution in [3.63, 3.8) is 0 Å². The Hall–Kier alpha value is -2.04. The fourth-order valence-corrected chi connectivity index (χ4v) is 2.50. The Kier molecular flexibility index (Phi) is 4.61. The van der Waals surface area contributed by atoms with E-state index in [0.717, 1.165) is 24.2 Å². The minimum absolute atomic E-state index is 0.0460. The highest BCUT2D eigenvalue weighted by atomic mass is 16.2. The van der Waals surface area contributed by atoms with E-state index >= 15 is 0 Å². The molecule has 5 heteroatoms. The zero-order valence-electron chi connectivity index (χ0n) is 12.0. The van der Waals surface area contributed by atoms with Crippen molar-refractivity contribution >= 4 is 17.5 Å². The Balaban J connectivity index is 2.04. The molecule has 1 aromatic carbocycles. The van der Waals surface area contributed by atoms with E-state index in [0.29, 0.717) is 13.0 Å². The number of hydrogen-bond donors (Lipinski definition) is 2. The van der Waals surface area contributed by atoms with Gasteiger partial charge < -0.3 is 15.5 Å². The highest BCUT2D eigenvalue weighted by Gasteiger charge is 2.28. The number of fused-ring (bicyclic) bond motifs is 1. The van der Waals surface area contributed by atoms with Crippen molar-refractivity contribution in [2.75, 3.05) is 32.5 Å². The number of anilines is 1. The maximum absolute atomic E-state index is 12.5. The van der Waals surface area contributed by atoms with Crippen LogP contribution in [-0.4, -0.2) is 43.9 Å². The number of rotatable bonds is 4. The molecule has 0 saturated heterocycles. The number of likely N-dealkylation sites (N-methyl/N-ethyl adjacent to an activating group) is 1. The molecule has 0 aromatic heterocycles. The molecule has 2 amide bonds. The van der Waals surface area contributed by atoms with Crippen LogP contribution < -0.4 is 10.6 Å². The van der Waals surface area contributed by atoms with Crippen molar-refractivity contribution in [1.82, 2.24) is 10.2 Å². The van der Waals surface area contributed by atoms with E-state index in [1.165, 1.54) is 0 Å². The topological polar surface area (TPSA) is 61.4 Å². The SMILES string of the molecule is CNC(=O)CCN(C)C(=O)C1CCNc2ccccc21. The van der Waals surface area contributed by atoms with E-state index in [9.17, 15) is 9.59 Å². The van der Waals surface area contributed by atoms with Crippen LogP contribution in [0.2, 0.25) is 0 Å². The summed E-state index contributed by atoms with van der Waals surface area (Å²) in [5, 5.41) is 5.88. The summed E-state index contributed by atoms with van der Waals surface area (Å²) in [4.78, 5) is 25.4. The molecule has 0 spiro atoms. The van der Waals surface area contributed by atoms with Gasteiger partial charge in [-0.15, -0.1) is 0 Å². The van der Waals surface area contributed by atoms with Crippen LogP contribution >= 0.6 is 0 Å². The van der Waals surface area contributed by atoms with E-state index in [4.69, 9.17) is 0 Å². The van der Waals surface area contributed by atoms with Gasteiger partial charge in [-0.25, -0.2) is 0 Å². The van der Waals surface area contributed by atoms with Gasteiger partial charge in [0, 0.05) is 39.3 Å². The molecule has 2 rings (SSSR count). The number of amides is 2. The molecule has 20 heavy (non-hydrogen) atoms. The smallest absolute Gasteiger partial charge is 0.230 e. The zero-order valence-corrected chi connectivity index (χ0v) is 12.0. The summed E-state index contributed by atoms with van der Waals surface area (Å²) in [6.45, 7) is 1.25. The first-order valence-corrected chi connectivity index (χ1v) is 6.92. The highest BCUT2D eigenvalue weighted by Crippen LogP contribution is 2.32. The Bertz CT molecular complexity index is 502. The largest absolute Gasteiger partial charge is 0.385 e. The highest BCUT2D eigenvalue weighted by molar-refractivity contribution is 5.86. The standard InChI is InChI=1S/C15H21N3O2/c1-16-14(19)8-10-18(2)15(20)12-7-9-17-13-6-4-3-5-11(12)13/h3-6,12,17H,7-10H2,1-2H3,(H,16,19). The molecule has 1 aliphatic rings. The molecule has 1 heterocycles. The number of para-hydroxylation sites is 1. The van der Waals surface area contributed by atoms with Gasteiger partial charge in [-0.2, -0.15) is 0 Å². The first-order chi connectivity index (χ1) is 9.63. The Morgan fingerprint density at radius 1 is 1.40 bits per heavy atom. The van der Waals surface area contributed by atoms with Crippen LogP contribution in [0.15, 0.2) is 24.3 Å². The van der Waals surface area contributed by atoms with E-state index in [1.807, 2.05) is 24.3 Å². The third-order valence-electron chi connectivity index (χ3n) is 3.71. The van der Waals surface area contributed by atoms with Gasteiger partial charge in [0.1, 0.15) is 0 Å². The van der Waals surface area contributed by atoms with Crippen LogP contribution in [0, 0.1) is 0 Å². The van der Waals surface area contributed by atoms with Crippen LogP contribution in [0.4, 0.5) is 5.69 Å². The number of nitrogens with one attached hydrogen (secondary N) is 2. The first kappa shape index (κ1) is 14.4. The maximum atomic E-state index is 12.5. The van der Waals surface area contributed by atoms with Crippen LogP contribution in [0.25, 0.3) is 0 Å². The van der Waals surface area contributed by atoms with Crippen molar-refractivity contribution in [3.05, 3.63) is 29.8 Å². The van der Waals surface area contributed by atoms with Gasteiger partial charge in [-0.3, -0.25) is 9.59 Å². The third kappa shape index (κ3) is 3.10. The second kappa shape index (κ2) is 6.41. The zero-order chi connectivity index (χ0) is 14.5. The van der Waals surface area contributed by atoms with Gasteiger partial charge in [0.15, 0.2) is 0 Å². The van der Waals surface area contributed by atoms with E-state index < -0.39 is 0 Å². The number of hydrogen-bond acceptors (Lipinski definition) is 3. The van der Waals surface area contributed by atoms with Gasteiger partial charge >= 0.3 is 0 Å². The number of benzene rings is 1. The molecule has 0 radical (unpaired) electrons. The molecule has 0 fully saturated rings. The Labute approximate surface area is 119 Å². The predicted molar refractivity (Wildman–Crippen MR) is 78.6 cm³/mol. The quantitative estimate of drug-likeness (QED) is 0.867. The van der Waals surface area contributed by atoms with Crippen molar-refractivity contribution in [2.24, 2.45) is 0 Å². The van der Waals surface area contributed by atoms with Crippen LogP contribution in [0.3, 0.4) is 0 Å². The second-order valence-corrected chi connectivity index (χ2v) is 5.04. The summed E-state index contributed by atoms with van der Waals surface area (Å²) >= 11 is 0. The van der Waals surface area contributed by atoms with Crippen LogP contribution in [0.1, 0.15) is 24.3 Å². The lowest BCUT2D eigenvalue weighted by Crippen LogP contribution is -2.36. The second-order valence-electron chi connectivity index (χ2n) is 5.04. The molecule has 0 saturated carbocycles. The summed E-state index contributed by atoms with van der Waals surface area (Å²) in [7, 11) is 3.36. The van der Waals surface area contributed by atoms with E-state index in [2.05, 4.69) is 10.6 Å². The number of nitrogens with zero attached hydrogens (tertiary/aromatic N) is 1. The fourth-order valence-electron chi connectivity index (χ4n) is 2.50. The molecule has 1 atom stereocenters. The first-order valence-electron chi connectivity index (χ1n) is 6.92.